The molecule has 0 bridgehead atoms. The van der Waals surface area contributed by atoms with Crippen LogP contribution in [0.4, 0.5) is 0 Å². The molecule has 6 heteroatoms. The standard InChI is InChI=1S/C13H17NO4S/c1-2-3-7-10-19(17,18)14-12(13(15)16)11-8-5-4-6-9-11/h2,4-6,8-9,12,14H,1,3,7,10H2,(H,15,16)/t12-/m1/s1. The molecule has 0 aliphatic rings. The maximum absolute atomic E-state index is 11.8. The summed E-state index contributed by atoms with van der Waals surface area (Å²) in [4.78, 5) is 11.2. The smallest absolute Gasteiger partial charge is 0.326 e. The van der Waals surface area contributed by atoms with Crippen molar-refractivity contribution in [1.82, 2.24) is 4.72 Å². The van der Waals surface area contributed by atoms with Crippen molar-refractivity contribution in [3.63, 3.8) is 0 Å². The van der Waals surface area contributed by atoms with Crippen molar-refractivity contribution >= 4 is 16.0 Å². The average Bonchev–Trinajstić information content (AvgIpc) is 2.37. The molecule has 0 spiro atoms. The Balaban J connectivity index is 2.80. The molecule has 0 aromatic heterocycles. The Morgan fingerprint density at radius 3 is 2.53 bits per heavy atom. The molecule has 5 nitrogen and oxygen atoms in total. The highest BCUT2D eigenvalue weighted by Crippen LogP contribution is 2.14. The summed E-state index contributed by atoms with van der Waals surface area (Å²) in [6.07, 6.45) is 2.62. The normalized spacial score (nSPS) is 12.8. The van der Waals surface area contributed by atoms with Crippen LogP contribution in [0.3, 0.4) is 0 Å². The van der Waals surface area contributed by atoms with Gasteiger partial charge in [0.15, 0.2) is 0 Å². The minimum atomic E-state index is -3.62. The topological polar surface area (TPSA) is 83.5 Å². The number of carbonyl (C=O) groups is 1. The lowest BCUT2D eigenvalue weighted by Gasteiger charge is -2.14. The third-order valence-electron chi connectivity index (χ3n) is 2.50. The minimum absolute atomic E-state index is 0.115. The van der Waals surface area contributed by atoms with E-state index in [4.69, 9.17) is 5.11 Å². The van der Waals surface area contributed by atoms with E-state index in [1.807, 2.05) is 0 Å². The Labute approximate surface area is 113 Å². The highest BCUT2D eigenvalue weighted by Gasteiger charge is 2.25. The Morgan fingerprint density at radius 2 is 2.00 bits per heavy atom. The molecule has 1 aromatic carbocycles. The van der Waals surface area contributed by atoms with Crippen LogP contribution in [0.25, 0.3) is 0 Å². The number of benzene rings is 1. The van der Waals surface area contributed by atoms with E-state index < -0.39 is 22.0 Å². The summed E-state index contributed by atoms with van der Waals surface area (Å²) in [5.41, 5.74) is 0.405. The molecular formula is C13H17NO4S. The highest BCUT2D eigenvalue weighted by atomic mass is 32.2. The lowest BCUT2D eigenvalue weighted by Crippen LogP contribution is -2.35. The van der Waals surface area contributed by atoms with Gasteiger partial charge in [-0.1, -0.05) is 36.4 Å². The molecule has 19 heavy (non-hydrogen) atoms. The predicted molar refractivity (Wildman–Crippen MR) is 73.2 cm³/mol. The Kier molecular flexibility index (Phi) is 5.72. The first-order valence-electron chi connectivity index (χ1n) is 5.85. The molecule has 0 aliphatic heterocycles. The summed E-state index contributed by atoms with van der Waals surface area (Å²) in [6.45, 7) is 3.51. The van der Waals surface area contributed by atoms with Crippen LogP contribution in [0.1, 0.15) is 24.4 Å². The maximum Gasteiger partial charge on any atom is 0.326 e. The molecule has 2 N–H and O–H groups in total. The lowest BCUT2D eigenvalue weighted by molar-refractivity contribution is -0.139. The van der Waals surface area contributed by atoms with E-state index in [0.29, 0.717) is 18.4 Å². The molecule has 0 saturated carbocycles. The molecule has 0 amide bonds. The summed E-state index contributed by atoms with van der Waals surface area (Å²) >= 11 is 0. The van der Waals surface area contributed by atoms with Crippen LogP contribution in [0.15, 0.2) is 43.0 Å². The number of nitrogens with one attached hydrogen (secondary N) is 1. The molecule has 0 heterocycles. The summed E-state index contributed by atoms with van der Waals surface area (Å²) < 4.78 is 25.8. The Morgan fingerprint density at radius 1 is 1.37 bits per heavy atom. The van der Waals surface area contributed by atoms with E-state index in [1.54, 1.807) is 36.4 Å². The molecule has 1 aromatic rings. The van der Waals surface area contributed by atoms with Gasteiger partial charge < -0.3 is 5.11 Å². The van der Waals surface area contributed by atoms with Crippen LogP contribution in [0.5, 0.6) is 0 Å². The quantitative estimate of drug-likeness (QED) is 0.562. The molecule has 1 atom stereocenters. The van der Waals surface area contributed by atoms with Crippen LogP contribution in [0, 0.1) is 0 Å². The summed E-state index contributed by atoms with van der Waals surface area (Å²) in [5.74, 6) is -1.34. The summed E-state index contributed by atoms with van der Waals surface area (Å²) in [6, 6.07) is 6.96. The van der Waals surface area contributed by atoms with E-state index in [1.165, 1.54) is 0 Å². The predicted octanol–water partition coefficient (Wildman–Crippen LogP) is 1.70. The molecule has 104 valence electrons. The molecule has 0 fully saturated rings. The zero-order valence-corrected chi connectivity index (χ0v) is 11.3. The van der Waals surface area contributed by atoms with Crippen LogP contribution in [0.2, 0.25) is 0 Å². The third kappa shape index (κ3) is 5.23. The van der Waals surface area contributed by atoms with E-state index in [-0.39, 0.29) is 5.75 Å². The SMILES string of the molecule is C=CCCCS(=O)(=O)N[C@@H](C(=O)O)c1ccccc1. The largest absolute Gasteiger partial charge is 0.480 e. The maximum atomic E-state index is 11.8. The number of hydrogen-bond acceptors (Lipinski definition) is 3. The second-order valence-electron chi connectivity index (χ2n) is 4.05. The number of rotatable bonds is 8. The number of aliphatic carboxylic acids is 1. The molecular weight excluding hydrogens is 266 g/mol. The van der Waals surface area contributed by atoms with Gasteiger partial charge >= 0.3 is 5.97 Å². The van der Waals surface area contributed by atoms with Gasteiger partial charge in [-0.25, -0.2) is 8.42 Å². The monoisotopic (exact) mass is 283 g/mol. The second kappa shape index (κ2) is 7.06. The lowest BCUT2D eigenvalue weighted by atomic mass is 10.1. The number of carboxylic acids is 1. The van der Waals surface area contributed by atoms with Gasteiger partial charge in [-0.2, -0.15) is 4.72 Å². The van der Waals surface area contributed by atoms with Crippen molar-refractivity contribution in [3.05, 3.63) is 48.6 Å². The number of hydrogen-bond donors (Lipinski definition) is 2. The first-order valence-corrected chi connectivity index (χ1v) is 7.50. The molecule has 0 saturated heterocycles. The molecule has 0 aliphatic carbocycles. The van der Waals surface area contributed by atoms with E-state index in [9.17, 15) is 13.2 Å². The molecule has 1 rings (SSSR count). The Bertz CT molecular complexity index is 525. The second-order valence-corrected chi connectivity index (χ2v) is 5.92. The zero-order valence-electron chi connectivity index (χ0n) is 10.5. The van der Waals surface area contributed by atoms with Gasteiger partial charge in [0.05, 0.1) is 5.75 Å². The van der Waals surface area contributed by atoms with Crippen molar-refractivity contribution in [2.45, 2.75) is 18.9 Å². The Hall–Kier alpha value is -1.66. The number of carboxylic acid groups (broad SMARTS) is 1. The van der Waals surface area contributed by atoms with E-state index in [0.717, 1.165) is 0 Å². The number of sulfonamides is 1. The highest BCUT2D eigenvalue weighted by molar-refractivity contribution is 7.89. The van der Waals surface area contributed by atoms with Crippen molar-refractivity contribution < 1.29 is 18.3 Å². The zero-order chi connectivity index (χ0) is 14.3. The molecule has 0 unspecified atom stereocenters. The fourth-order valence-electron chi connectivity index (χ4n) is 1.56. The van der Waals surface area contributed by atoms with Crippen molar-refractivity contribution in [2.75, 3.05) is 5.75 Å². The average molecular weight is 283 g/mol. The first-order chi connectivity index (χ1) is 8.96. The molecule has 0 radical (unpaired) electrons. The fraction of sp³-hybridized carbons (Fsp3) is 0.308. The van der Waals surface area contributed by atoms with Gasteiger partial charge in [-0.15, -0.1) is 6.58 Å². The van der Waals surface area contributed by atoms with E-state index >= 15 is 0 Å². The third-order valence-corrected chi connectivity index (χ3v) is 3.92. The van der Waals surface area contributed by atoms with Gasteiger partial charge in [0.2, 0.25) is 10.0 Å². The van der Waals surface area contributed by atoms with Crippen LogP contribution in [-0.2, 0) is 14.8 Å². The van der Waals surface area contributed by atoms with Gasteiger partial charge in [0.25, 0.3) is 0 Å². The first kappa shape index (κ1) is 15.4. The number of allylic oxidation sites excluding steroid dienone is 1. The van der Waals surface area contributed by atoms with Crippen molar-refractivity contribution in [3.8, 4) is 0 Å². The van der Waals surface area contributed by atoms with E-state index in [2.05, 4.69) is 11.3 Å². The summed E-state index contributed by atoms with van der Waals surface area (Å²) in [5, 5.41) is 9.12. The van der Waals surface area contributed by atoms with Crippen LogP contribution in [-0.4, -0.2) is 25.2 Å². The minimum Gasteiger partial charge on any atom is -0.480 e. The fourth-order valence-corrected chi connectivity index (χ4v) is 2.82. The van der Waals surface area contributed by atoms with Crippen LogP contribution < -0.4 is 4.72 Å². The van der Waals surface area contributed by atoms with Crippen LogP contribution >= 0.6 is 0 Å². The van der Waals surface area contributed by atoms with Gasteiger partial charge in [0, 0.05) is 0 Å². The summed E-state index contributed by atoms with van der Waals surface area (Å²) in [7, 11) is -3.62. The van der Waals surface area contributed by atoms with Gasteiger partial charge in [-0.3, -0.25) is 4.79 Å². The van der Waals surface area contributed by atoms with Gasteiger partial charge in [-0.05, 0) is 18.4 Å². The van der Waals surface area contributed by atoms with Crippen molar-refractivity contribution in [2.24, 2.45) is 0 Å². The van der Waals surface area contributed by atoms with Crippen molar-refractivity contribution in [1.29, 1.82) is 0 Å². The van der Waals surface area contributed by atoms with Gasteiger partial charge in [0.1, 0.15) is 6.04 Å². The number of unbranched alkanes of at least 4 members (excludes halogenated alkanes) is 1.